The van der Waals surface area contributed by atoms with Gasteiger partial charge in [-0.3, -0.25) is 0 Å². The minimum Gasteiger partial charge on any atom is -0.490 e. The average molecular weight is 361 g/mol. The standard InChI is InChI=1S/C22H23N3O2/c1-4-26-21-12-16(9-10-20(21)27-14-15(2)3)11-17(13-23)22-24-18-7-5-6-8-19(18)25-22/h5-12,15H,4,14H2,1-3H3,(H,24,25)/b17-11-. The zero-order chi connectivity index (χ0) is 19.2. The molecular formula is C22H23N3O2. The first-order valence-corrected chi connectivity index (χ1v) is 9.07. The monoisotopic (exact) mass is 361 g/mol. The molecule has 5 heteroatoms. The molecular weight excluding hydrogens is 338 g/mol. The van der Waals surface area contributed by atoms with Gasteiger partial charge < -0.3 is 14.5 Å². The number of nitrogens with zero attached hydrogens (tertiary/aromatic N) is 2. The molecule has 0 unspecified atom stereocenters. The van der Waals surface area contributed by atoms with E-state index in [-0.39, 0.29) is 0 Å². The topological polar surface area (TPSA) is 70.9 Å². The van der Waals surface area contributed by atoms with E-state index < -0.39 is 0 Å². The van der Waals surface area contributed by atoms with Crippen LogP contribution in [0.5, 0.6) is 11.5 Å². The van der Waals surface area contributed by atoms with E-state index in [1.165, 1.54) is 0 Å². The normalized spacial score (nSPS) is 11.6. The molecule has 0 aliphatic rings. The SMILES string of the molecule is CCOc1cc(/C=C(/C#N)c2nc3ccccc3[nH]2)ccc1OCC(C)C. The Kier molecular flexibility index (Phi) is 5.77. The van der Waals surface area contributed by atoms with Crippen LogP contribution in [0.4, 0.5) is 0 Å². The Labute approximate surface area is 159 Å². The van der Waals surface area contributed by atoms with Gasteiger partial charge in [0.1, 0.15) is 11.9 Å². The van der Waals surface area contributed by atoms with Crippen molar-refractivity contribution in [2.75, 3.05) is 13.2 Å². The van der Waals surface area contributed by atoms with Crippen LogP contribution in [0.15, 0.2) is 42.5 Å². The Bertz CT molecular complexity index is 963. The summed E-state index contributed by atoms with van der Waals surface area (Å²) >= 11 is 0. The lowest BCUT2D eigenvalue weighted by Crippen LogP contribution is -2.06. The maximum atomic E-state index is 9.60. The van der Waals surface area contributed by atoms with Crippen molar-refractivity contribution in [2.45, 2.75) is 20.8 Å². The summed E-state index contributed by atoms with van der Waals surface area (Å²) in [6, 6.07) is 15.6. The highest BCUT2D eigenvalue weighted by molar-refractivity contribution is 5.90. The fourth-order valence-electron chi connectivity index (χ4n) is 2.66. The van der Waals surface area contributed by atoms with Crippen molar-refractivity contribution >= 4 is 22.7 Å². The first-order chi connectivity index (χ1) is 13.1. The van der Waals surface area contributed by atoms with E-state index in [0.717, 1.165) is 16.6 Å². The lowest BCUT2D eigenvalue weighted by atomic mass is 10.1. The summed E-state index contributed by atoms with van der Waals surface area (Å²) in [5.74, 6) is 2.37. The average Bonchev–Trinajstić information content (AvgIpc) is 3.09. The number of hydrogen-bond donors (Lipinski definition) is 1. The number of aromatic nitrogens is 2. The number of fused-ring (bicyclic) bond motifs is 1. The molecule has 1 N–H and O–H groups in total. The van der Waals surface area contributed by atoms with Gasteiger partial charge in [0, 0.05) is 0 Å². The molecule has 0 saturated heterocycles. The molecule has 0 atom stereocenters. The molecule has 0 radical (unpaired) electrons. The van der Waals surface area contributed by atoms with Crippen molar-refractivity contribution < 1.29 is 9.47 Å². The molecule has 1 aromatic heterocycles. The maximum Gasteiger partial charge on any atom is 0.161 e. The van der Waals surface area contributed by atoms with Crippen molar-refractivity contribution in [3.8, 4) is 17.6 Å². The molecule has 27 heavy (non-hydrogen) atoms. The van der Waals surface area contributed by atoms with E-state index in [0.29, 0.717) is 42.0 Å². The quantitative estimate of drug-likeness (QED) is 0.597. The van der Waals surface area contributed by atoms with Crippen LogP contribution in [0.25, 0.3) is 22.7 Å². The number of nitrogens with one attached hydrogen (secondary N) is 1. The zero-order valence-electron chi connectivity index (χ0n) is 15.8. The minimum absolute atomic E-state index is 0.428. The number of allylic oxidation sites excluding steroid dienone is 1. The van der Waals surface area contributed by atoms with E-state index >= 15 is 0 Å². The van der Waals surface area contributed by atoms with Gasteiger partial charge in [0.05, 0.1) is 29.8 Å². The zero-order valence-corrected chi connectivity index (χ0v) is 15.8. The molecule has 3 rings (SSSR count). The number of aromatic amines is 1. The molecule has 0 saturated carbocycles. The second-order valence-corrected chi connectivity index (χ2v) is 6.62. The number of H-pyrrole nitrogens is 1. The summed E-state index contributed by atoms with van der Waals surface area (Å²) in [6.45, 7) is 7.30. The second kappa shape index (κ2) is 8.41. The van der Waals surface area contributed by atoms with Gasteiger partial charge in [-0.2, -0.15) is 5.26 Å². The Hall–Kier alpha value is -3.26. The van der Waals surface area contributed by atoms with Gasteiger partial charge in [-0.1, -0.05) is 32.0 Å². The van der Waals surface area contributed by atoms with Crippen LogP contribution in [0.2, 0.25) is 0 Å². The molecule has 0 spiro atoms. The van der Waals surface area contributed by atoms with Crippen LogP contribution >= 0.6 is 0 Å². The van der Waals surface area contributed by atoms with E-state index in [4.69, 9.17) is 9.47 Å². The Morgan fingerprint density at radius 1 is 1.19 bits per heavy atom. The first-order valence-electron chi connectivity index (χ1n) is 9.07. The molecule has 0 aliphatic heterocycles. The fraction of sp³-hybridized carbons (Fsp3) is 0.273. The number of ether oxygens (including phenoxy) is 2. The van der Waals surface area contributed by atoms with E-state index in [1.807, 2.05) is 49.4 Å². The van der Waals surface area contributed by atoms with Crippen LogP contribution in [0.1, 0.15) is 32.2 Å². The third kappa shape index (κ3) is 4.48. The summed E-state index contributed by atoms with van der Waals surface area (Å²) in [5, 5.41) is 9.60. The molecule has 2 aromatic carbocycles. The van der Waals surface area contributed by atoms with Gasteiger partial charge in [0.15, 0.2) is 11.5 Å². The summed E-state index contributed by atoms with van der Waals surface area (Å²) in [7, 11) is 0. The van der Waals surface area contributed by atoms with Crippen LogP contribution in [0.3, 0.4) is 0 Å². The Morgan fingerprint density at radius 2 is 2.00 bits per heavy atom. The van der Waals surface area contributed by atoms with Gasteiger partial charge in [0.2, 0.25) is 0 Å². The second-order valence-electron chi connectivity index (χ2n) is 6.62. The number of nitriles is 1. The third-order valence-electron chi connectivity index (χ3n) is 3.92. The smallest absolute Gasteiger partial charge is 0.161 e. The van der Waals surface area contributed by atoms with Crippen LogP contribution < -0.4 is 9.47 Å². The Balaban J connectivity index is 1.93. The molecule has 3 aromatic rings. The van der Waals surface area contributed by atoms with Crippen LogP contribution in [-0.2, 0) is 0 Å². The summed E-state index contributed by atoms with van der Waals surface area (Å²) in [6.07, 6.45) is 1.80. The Morgan fingerprint density at radius 3 is 2.70 bits per heavy atom. The first kappa shape index (κ1) is 18.5. The number of para-hydroxylation sites is 2. The van der Waals surface area contributed by atoms with Crippen molar-refractivity contribution in [3.63, 3.8) is 0 Å². The minimum atomic E-state index is 0.428. The van der Waals surface area contributed by atoms with Gasteiger partial charge >= 0.3 is 0 Å². The van der Waals surface area contributed by atoms with E-state index in [9.17, 15) is 5.26 Å². The molecule has 0 fully saturated rings. The number of rotatable bonds is 7. The highest BCUT2D eigenvalue weighted by Gasteiger charge is 2.10. The highest BCUT2D eigenvalue weighted by atomic mass is 16.5. The van der Waals surface area contributed by atoms with Gasteiger partial charge in [0.25, 0.3) is 0 Å². The molecule has 138 valence electrons. The highest BCUT2D eigenvalue weighted by Crippen LogP contribution is 2.30. The van der Waals surface area contributed by atoms with Crippen LogP contribution in [0, 0.1) is 17.2 Å². The van der Waals surface area contributed by atoms with Crippen LogP contribution in [-0.4, -0.2) is 23.2 Å². The van der Waals surface area contributed by atoms with Gasteiger partial charge in [-0.05, 0) is 48.7 Å². The molecule has 1 heterocycles. The number of benzene rings is 2. The number of imidazole rings is 1. The van der Waals surface area contributed by atoms with Crippen molar-refractivity contribution in [1.29, 1.82) is 5.26 Å². The fourth-order valence-corrected chi connectivity index (χ4v) is 2.66. The van der Waals surface area contributed by atoms with Crippen molar-refractivity contribution in [1.82, 2.24) is 9.97 Å². The summed E-state index contributed by atoms with van der Waals surface area (Å²) in [4.78, 5) is 7.70. The lowest BCUT2D eigenvalue weighted by Gasteiger charge is -2.14. The maximum absolute atomic E-state index is 9.60. The molecule has 0 amide bonds. The lowest BCUT2D eigenvalue weighted by molar-refractivity contribution is 0.248. The van der Waals surface area contributed by atoms with Crippen molar-refractivity contribution in [3.05, 3.63) is 53.9 Å². The van der Waals surface area contributed by atoms with E-state index in [2.05, 4.69) is 29.9 Å². The summed E-state index contributed by atoms with van der Waals surface area (Å²) < 4.78 is 11.6. The number of hydrogen-bond acceptors (Lipinski definition) is 4. The third-order valence-corrected chi connectivity index (χ3v) is 3.92. The largest absolute Gasteiger partial charge is 0.490 e. The van der Waals surface area contributed by atoms with E-state index in [1.54, 1.807) is 6.08 Å². The van der Waals surface area contributed by atoms with Gasteiger partial charge in [-0.25, -0.2) is 4.98 Å². The van der Waals surface area contributed by atoms with Crippen molar-refractivity contribution in [2.24, 2.45) is 5.92 Å². The predicted molar refractivity (Wildman–Crippen MR) is 108 cm³/mol. The van der Waals surface area contributed by atoms with Gasteiger partial charge in [-0.15, -0.1) is 0 Å². The summed E-state index contributed by atoms with van der Waals surface area (Å²) in [5.41, 5.74) is 3.05. The molecule has 5 nitrogen and oxygen atoms in total. The predicted octanol–water partition coefficient (Wildman–Crippen LogP) is 5.06. The molecule has 0 aliphatic carbocycles. The molecule has 0 bridgehead atoms.